The van der Waals surface area contributed by atoms with E-state index in [-0.39, 0.29) is 0 Å². The monoisotopic (exact) mass is 463 g/mol. The minimum Gasteiger partial charge on any atom is -0.358 e. The van der Waals surface area contributed by atoms with Gasteiger partial charge in [-0.2, -0.15) is 0 Å². The Balaban J connectivity index is 1.50. The Kier molecular flexibility index (Phi) is 4.85. The van der Waals surface area contributed by atoms with Crippen LogP contribution in [0.3, 0.4) is 0 Å². The van der Waals surface area contributed by atoms with Gasteiger partial charge < -0.3 is 4.98 Å². The number of aryl methyl sites for hydroxylation is 2. The van der Waals surface area contributed by atoms with Crippen molar-refractivity contribution in [3.63, 3.8) is 0 Å². The fraction of sp³-hybridized carbons (Fsp3) is 0.143. The zero-order valence-corrected chi connectivity index (χ0v) is 20.7. The van der Waals surface area contributed by atoms with E-state index >= 15 is 0 Å². The normalized spacial score (nSPS) is 20.1. The van der Waals surface area contributed by atoms with Crippen molar-refractivity contribution in [2.24, 2.45) is 5.92 Å². The standard InChI is InChI=1S/C35H29N/c1-22-12-16-25(17-13-22)31(26-18-14-23(2)15-19-26)28-20-21-29-33(28)32(24-8-4-3-5-9-24)34-27-10-6-7-11-30(27)36-35(29)34/h3-21,29,32-33,36H,1-2H3. The fourth-order valence-corrected chi connectivity index (χ4v) is 6.48. The van der Waals surface area contributed by atoms with E-state index in [1.54, 1.807) is 0 Å². The van der Waals surface area contributed by atoms with Crippen LogP contribution in [0.5, 0.6) is 0 Å². The summed E-state index contributed by atoms with van der Waals surface area (Å²) in [5, 5.41) is 1.36. The Morgan fingerprint density at radius 3 is 1.94 bits per heavy atom. The summed E-state index contributed by atoms with van der Waals surface area (Å²) in [6.07, 6.45) is 4.86. The van der Waals surface area contributed by atoms with Gasteiger partial charge in [-0.25, -0.2) is 0 Å². The maximum atomic E-state index is 3.83. The van der Waals surface area contributed by atoms with Gasteiger partial charge in [0.2, 0.25) is 0 Å². The van der Waals surface area contributed by atoms with Crippen molar-refractivity contribution >= 4 is 16.5 Å². The molecule has 1 N–H and O–H groups in total. The Morgan fingerprint density at radius 2 is 1.28 bits per heavy atom. The quantitative estimate of drug-likeness (QED) is 0.275. The smallest absolute Gasteiger partial charge is 0.0459 e. The lowest BCUT2D eigenvalue weighted by atomic mass is 9.77. The fourth-order valence-electron chi connectivity index (χ4n) is 6.48. The summed E-state index contributed by atoms with van der Waals surface area (Å²) in [4.78, 5) is 3.83. The van der Waals surface area contributed by atoms with Crippen LogP contribution in [0.4, 0.5) is 0 Å². The Bertz CT molecular complexity index is 1580. The van der Waals surface area contributed by atoms with Crippen molar-refractivity contribution in [3.05, 3.63) is 160 Å². The van der Waals surface area contributed by atoms with Gasteiger partial charge in [-0.1, -0.05) is 120 Å². The lowest BCUT2D eigenvalue weighted by Crippen LogP contribution is -2.13. The first kappa shape index (κ1) is 21.2. The van der Waals surface area contributed by atoms with Gasteiger partial charge in [0.15, 0.2) is 0 Å². The molecule has 1 nitrogen and oxygen atoms in total. The summed E-state index contributed by atoms with van der Waals surface area (Å²) in [6, 6.07) is 38.0. The summed E-state index contributed by atoms with van der Waals surface area (Å²) in [6.45, 7) is 4.32. The maximum absolute atomic E-state index is 3.83. The van der Waals surface area contributed by atoms with E-state index in [2.05, 4.69) is 134 Å². The number of hydrogen-bond donors (Lipinski definition) is 1. The molecule has 0 amide bonds. The van der Waals surface area contributed by atoms with Crippen molar-refractivity contribution in [1.29, 1.82) is 0 Å². The second-order valence-electron chi connectivity index (χ2n) is 10.4. The highest BCUT2D eigenvalue weighted by Crippen LogP contribution is 2.59. The molecule has 0 saturated heterocycles. The van der Waals surface area contributed by atoms with Crippen molar-refractivity contribution in [3.8, 4) is 0 Å². The largest absolute Gasteiger partial charge is 0.358 e. The molecule has 0 bridgehead atoms. The molecular formula is C35H29N. The molecule has 2 aliphatic carbocycles. The predicted octanol–water partition coefficient (Wildman–Crippen LogP) is 8.70. The molecule has 3 atom stereocenters. The van der Waals surface area contributed by atoms with E-state index in [9.17, 15) is 0 Å². The molecule has 1 heteroatoms. The van der Waals surface area contributed by atoms with Crippen LogP contribution in [0.25, 0.3) is 16.5 Å². The molecule has 3 unspecified atom stereocenters. The van der Waals surface area contributed by atoms with Crippen LogP contribution in [0.1, 0.15) is 50.9 Å². The van der Waals surface area contributed by atoms with Crippen LogP contribution in [-0.4, -0.2) is 4.98 Å². The number of para-hydroxylation sites is 1. The summed E-state index contributed by atoms with van der Waals surface area (Å²) in [5.74, 6) is 1.01. The predicted molar refractivity (Wildman–Crippen MR) is 150 cm³/mol. The van der Waals surface area contributed by atoms with Crippen LogP contribution in [0.15, 0.2) is 121 Å². The van der Waals surface area contributed by atoms with Crippen molar-refractivity contribution in [1.82, 2.24) is 4.98 Å². The van der Waals surface area contributed by atoms with Crippen LogP contribution < -0.4 is 0 Å². The molecule has 4 aromatic carbocycles. The second kappa shape index (κ2) is 8.24. The van der Waals surface area contributed by atoms with E-state index in [1.165, 1.54) is 61.1 Å². The molecule has 1 aromatic heterocycles. The summed E-state index contributed by atoms with van der Waals surface area (Å²) in [7, 11) is 0. The minimum absolute atomic E-state index is 0.304. The molecule has 2 aliphatic rings. The zero-order valence-electron chi connectivity index (χ0n) is 20.7. The molecule has 7 rings (SSSR count). The number of aromatic nitrogens is 1. The number of benzene rings is 4. The highest BCUT2D eigenvalue weighted by Gasteiger charge is 2.47. The lowest BCUT2D eigenvalue weighted by molar-refractivity contribution is 0.569. The SMILES string of the molecule is Cc1ccc(C(=C2C=CC3c4[nH]c5ccccc5c4C(c4ccccc4)C23)c2ccc(C)cc2)cc1. The highest BCUT2D eigenvalue weighted by atomic mass is 14.8. The third kappa shape index (κ3) is 3.23. The average molecular weight is 464 g/mol. The summed E-state index contributed by atoms with van der Waals surface area (Å²) >= 11 is 0. The summed E-state index contributed by atoms with van der Waals surface area (Å²) in [5.41, 5.74) is 13.4. The minimum atomic E-state index is 0.304. The zero-order chi connectivity index (χ0) is 24.2. The number of nitrogens with one attached hydrogen (secondary N) is 1. The van der Waals surface area contributed by atoms with Gasteiger partial charge in [-0.05, 0) is 53.3 Å². The first-order chi connectivity index (χ1) is 17.7. The number of aromatic amines is 1. The van der Waals surface area contributed by atoms with Gasteiger partial charge in [-0.3, -0.25) is 0 Å². The third-order valence-electron chi connectivity index (χ3n) is 8.14. The van der Waals surface area contributed by atoms with Gasteiger partial charge in [0, 0.05) is 34.4 Å². The molecule has 36 heavy (non-hydrogen) atoms. The average Bonchev–Trinajstić information content (AvgIpc) is 3.58. The van der Waals surface area contributed by atoms with E-state index in [1.807, 2.05) is 0 Å². The van der Waals surface area contributed by atoms with Crippen LogP contribution >= 0.6 is 0 Å². The first-order valence-electron chi connectivity index (χ1n) is 12.9. The van der Waals surface area contributed by atoms with Gasteiger partial charge in [0.05, 0.1) is 0 Å². The Morgan fingerprint density at radius 1 is 0.667 bits per heavy atom. The van der Waals surface area contributed by atoms with E-state index < -0.39 is 0 Å². The number of allylic oxidation sites excluding steroid dienone is 3. The van der Waals surface area contributed by atoms with Crippen molar-refractivity contribution in [2.45, 2.75) is 25.7 Å². The highest BCUT2D eigenvalue weighted by molar-refractivity contribution is 5.90. The second-order valence-corrected chi connectivity index (χ2v) is 10.4. The van der Waals surface area contributed by atoms with Gasteiger partial charge in [0.25, 0.3) is 0 Å². The lowest BCUT2D eigenvalue weighted by Gasteiger charge is -2.26. The van der Waals surface area contributed by atoms with Gasteiger partial charge in [-0.15, -0.1) is 0 Å². The summed E-state index contributed by atoms with van der Waals surface area (Å²) < 4.78 is 0. The van der Waals surface area contributed by atoms with Gasteiger partial charge >= 0.3 is 0 Å². The Hall–Kier alpha value is -4.10. The molecule has 5 aromatic rings. The molecular weight excluding hydrogens is 434 g/mol. The van der Waals surface area contributed by atoms with Crippen molar-refractivity contribution < 1.29 is 0 Å². The van der Waals surface area contributed by atoms with E-state index in [0.29, 0.717) is 17.8 Å². The molecule has 0 spiro atoms. The van der Waals surface area contributed by atoms with E-state index in [0.717, 1.165) is 0 Å². The molecule has 0 fully saturated rings. The Labute approximate surface area is 212 Å². The molecule has 1 heterocycles. The molecule has 0 radical (unpaired) electrons. The molecule has 174 valence electrons. The maximum Gasteiger partial charge on any atom is 0.0459 e. The van der Waals surface area contributed by atoms with Crippen LogP contribution in [-0.2, 0) is 0 Å². The molecule has 0 saturated carbocycles. The topological polar surface area (TPSA) is 15.8 Å². The number of hydrogen-bond acceptors (Lipinski definition) is 0. The third-order valence-corrected chi connectivity index (χ3v) is 8.14. The van der Waals surface area contributed by atoms with Crippen molar-refractivity contribution in [2.75, 3.05) is 0 Å². The van der Waals surface area contributed by atoms with Crippen LogP contribution in [0.2, 0.25) is 0 Å². The van der Waals surface area contributed by atoms with Crippen LogP contribution in [0, 0.1) is 19.8 Å². The first-order valence-corrected chi connectivity index (χ1v) is 12.9. The number of H-pyrrole nitrogens is 1. The number of rotatable bonds is 3. The number of fused-ring (bicyclic) bond motifs is 5. The van der Waals surface area contributed by atoms with E-state index in [4.69, 9.17) is 0 Å². The molecule has 0 aliphatic heterocycles. The van der Waals surface area contributed by atoms with Gasteiger partial charge in [0.1, 0.15) is 0 Å².